The maximum atomic E-state index is 9.87. The molecule has 0 aromatic heterocycles. The molecule has 3 heteroatoms. The van der Waals surface area contributed by atoms with E-state index in [1.165, 1.54) is 0 Å². The van der Waals surface area contributed by atoms with Gasteiger partial charge in [-0.05, 0) is 6.42 Å². The quantitative estimate of drug-likeness (QED) is 0.462. The van der Waals surface area contributed by atoms with Crippen molar-refractivity contribution in [1.29, 1.82) is 0 Å². The first kappa shape index (κ1) is 11.8. The Labute approximate surface area is 66.4 Å². The Bertz CT molecular complexity index is 73.5. The van der Waals surface area contributed by atoms with Gasteiger partial charge >= 0.3 is 5.97 Å². The fourth-order valence-corrected chi connectivity index (χ4v) is 0.526. The molecule has 0 radical (unpaired) electrons. The van der Waals surface area contributed by atoms with Crippen LogP contribution in [0.5, 0.6) is 0 Å². The maximum absolute atomic E-state index is 9.87. The average molecular weight is 146 g/mol. The molecular weight excluding hydrogens is 131 g/mol. The van der Waals surface area contributed by atoms with Crippen LogP contribution in [0, 0.1) is 0 Å². The fraction of sp³-hybridized carbons (Fsp3) is 0.833. The van der Waals surface area contributed by atoms with Crippen molar-refractivity contribution in [3.8, 4) is 0 Å². The van der Waals surface area contributed by atoms with E-state index in [4.69, 9.17) is 5.11 Å². The van der Waals surface area contributed by atoms with Crippen molar-refractivity contribution in [2.75, 3.05) is 0 Å². The largest absolute Gasteiger partial charge is 0.481 e. The summed E-state index contributed by atoms with van der Waals surface area (Å²) in [5, 5.41) is 8.14. The minimum atomic E-state index is -0.682. The number of hydrogen-bond donors (Lipinski definition) is 1. The minimum Gasteiger partial charge on any atom is -0.481 e. The second-order valence-electron chi connectivity index (χ2n) is 1.85. The van der Waals surface area contributed by atoms with Crippen LogP contribution in [-0.4, -0.2) is 28.4 Å². The lowest BCUT2D eigenvalue weighted by molar-refractivity contribution is -0.137. The van der Waals surface area contributed by atoms with Crippen LogP contribution in [0.25, 0.3) is 0 Å². The highest BCUT2D eigenvalue weighted by Crippen LogP contribution is 1.97. The van der Waals surface area contributed by atoms with Crippen LogP contribution < -0.4 is 0 Å². The number of carboxylic acid groups (broad SMARTS) is 1. The first-order chi connectivity index (χ1) is 3.77. The molecule has 0 aliphatic heterocycles. The van der Waals surface area contributed by atoms with E-state index in [9.17, 15) is 4.79 Å². The minimum absolute atomic E-state index is 0. The highest BCUT2D eigenvalue weighted by molar-refractivity contribution is 5.75. The summed E-state index contributed by atoms with van der Waals surface area (Å²) < 4.78 is 0. The van der Waals surface area contributed by atoms with Gasteiger partial charge in [-0.1, -0.05) is 19.8 Å². The lowest BCUT2D eigenvalue weighted by Gasteiger charge is -1.89. The van der Waals surface area contributed by atoms with Crippen LogP contribution in [0.1, 0.15) is 32.6 Å². The second kappa shape index (κ2) is 8.00. The Morgan fingerprint density at radius 2 is 2.00 bits per heavy atom. The summed E-state index contributed by atoms with van der Waals surface area (Å²) in [6.07, 6.45) is 3.28. The Kier molecular flexibility index (Phi) is 10.5. The maximum Gasteiger partial charge on any atom is 0.303 e. The van der Waals surface area contributed by atoms with Gasteiger partial charge in [0, 0.05) is 6.42 Å². The number of carboxylic acids is 1. The fourth-order valence-electron chi connectivity index (χ4n) is 0.526. The van der Waals surface area contributed by atoms with E-state index < -0.39 is 5.97 Å². The van der Waals surface area contributed by atoms with Gasteiger partial charge < -0.3 is 5.11 Å². The molecule has 1 N–H and O–H groups in total. The molecule has 0 fully saturated rings. The zero-order chi connectivity index (χ0) is 6.41. The van der Waals surface area contributed by atoms with E-state index in [1.54, 1.807) is 0 Å². The molecule has 0 rings (SSSR count). The summed E-state index contributed by atoms with van der Waals surface area (Å²) in [6, 6.07) is 0. The molecule has 9 heavy (non-hydrogen) atoms. The van der Waals surface area contributed by atoms with E-state index in [2.05, 4.69) is 6.92 Å². The Morgan fingerprint density at radius 1 is 1.44 bits per heavy atom. The zero-order valence-electron chi connectivity index (χ0n) is 5.18. The molecule has 2 nitrogen and oxygen atoms in total. The van der Waals surface area contributed by atoms with Crippen LogP contribution in [0.2, 0.25) is 0 Å². The van der Waals surface area contributed by atoms with Gasteiger partial charge in [0.2, 0.25) is 0 Å². The number of rotatable bonds is 4. The molecule has 0 amide bonds. The van der Waals surface area contributed by atoms with Gasteiger partial charge in [-0.2, -0.15) is 0 Å². The van der Waals surface area contributed by atoms with Crippen molar-refractivity contribution < 1.29 is 9.90 Å². The van der Waals surface area contributed by atoms with Gasteiger partial charge in [0.15, 0.2) is 17.4 Å². The summed E-state index contributed by atoms with van der Waals surface area (Å²) in [6.45, 7) is 2.06. The predicted octanol–water partition coefficient (Wildman–Crippen LogP) is 0.467. The SMILES string of the molecule is CCCCCC(=O)O.[AlH3]. The highest BCUT2D eigenvalue weighted by Gasteiger charge is 1.92. The van der Waals surface area contributed by atoms with Crippen molar-refractivity contribution in [3.63, 3.8) is 0 Å². The first-order valence-electron chi connectivity index (χ1n) is 2.99. The van der Waals surface area contributed by atoms with Crippen LogP contribution in [0.3, 0.4) is 0 Å². The van der Waals surface area contributed by atoms with Gasteiger partial charge in [0.1, 0.15) is 0 Å². The molecule has 0 aliphatic carbocycles. The van der Waals surface area contributed by atoms with E-state index >= 15 is 0 Å². The smallest absolute Gasteiger partial charge is 0.303 e. The molecule has 0 atom stereocenters. The van der Waals surface area contributed by atoms with Gasteiger partial charge in [-0.25, -0.2) is 0 Å². The molecule has 0 aromatic carbocycles. The van der Waals surface area contributed by atoms with E-state index in [-0.39, 0.29) is 17.4 Å². The van der Waals surface area contributed by atoms with Gasteiger partial charge in [-0.15, -0.1) is 0 Å². The summed E-state index contributed by atoms with van der Waals surface area (Å²) in [5.74, 6) is -0.682. The first-order valence-corrected chi connectivity index (χ1v) is 2.99. The van der Waals surface area contributed by atoms with Crippen molar-refractivity contribution in [1.82, 2.24) is 0 Å². The van der Waals surface area contributed by atoms with Crippen LogP contribution in [0.4, 0.5) is 0 Å². The molecule has 0 spiro atoms. The Balaban J connectivity index is 0. The molecule has 0 unspecified atom stereocenters. The number of aliphatic carboxylic acids is 1. The van der Waals surface area contributed by atoms with Crippen LogP contribution >= 0.6 is 0 Å². The normalized spacial score (nSPS) is 8.11. The molecule has 0 saturated heterocycles. The average Bonchev–Trinajstić information content (AvgIpc) is 1.66. The number of carbonyl (C=O) groups is 1. The van der Waals surface area contributed by atoms with Crippen molar-refractivity contribution >= 4 is 23.3 Å². The van der Waals surface area contributed by atoms with Crippen LogP contribution in [-0.2, 0) is 4.79 Å². The molecule has 0 bridgehead atoms. The molecule has 54 valence electrons. The summed E-state index contributed by atoms with van der Waals surface area (Å²) >= 11 is 0. The molecular formula is C6H15AlO2. The summed E-state index contributed by atoms with van der Waals surface area (Å²) in [7, 11) is 0. The number of hydrogen-bond acceptors (Lipinski definition) is 1. The summed E-state index contributed by atoms with van der Waals surface area (Å²) in [5.41, 5.74) is 0. The topological polar surface area (TPSA) is 37.3 Å². The third kappa shape index (κ3) is 11.5. The third-order valence-electron chi connectivity index (χ3n) is 0.994. The third-order valence-corrected chi connectivity index (χ3v) is 0.994. The van der Waals surface area contributed by atoms with E-state index in [0.717, 1.165) is 19.3 Å². The lowest BCUT2D eigenvalue weighted by atomic mass is 10.2. The Hall–Kier alpha value is 0.00247. The molecule has 0 heterocycles. The molecule has 0 saturated carbocycles. The van der Waals surface area contributed by atoms with Crippen LogP contribution in [0.15, 0.2) is 0 Å². The zero-order valence-corrected chi connectivity index (χ0v) is 5.18. The lowest BCUT2D eigenvalue weighted by Crippen LogP contribution is -1.92. The van der Waals surface area contributed by atoms with Crippen molar-refractivity contribution in [2.45, 2.75) is 32.6 Å². The predicted molar refractivity (Wildman–Crippen MR) is 41.7 cm³/mol. The van der Waals surface area contributed by atoms with E-state index in [1.807, 2.05) is 0 Å². The second-order valence-corrected chi connectivity index (χ2v) is 1.85. The van der Waals surface area contributed by atoms with Crippen molar-refractivity contribution in [3.05, 3.63) is 0 Å². The Morgan fingerprint density at radius 3 is 2.33 bits per heavy atom. The highest BCUT2D eigenvalue weighted by atomic mass is 27.0. The number of unbranched alkanes of at least 4 members (excludes halogenated alkanes) is 2. The van der Waals surface area contributed by atoms with Gasteiger partial charge in [0.25, 0.3) is 0 Å². The van der Waals surface area contributed by atoms with Gasteiger partial charge in [-0.3, -0.25) is 4.79 Å². The molecule has 0 aromatic rings. The monoisotopic (exact) mass is 146 g/mol. The van der Waals surface area contributed by atoms with Gasteiger partial charge in [0.05, 0.1) is 0 Å². The standard InChI is InChI=1S/C6H12O2.Al.3H/c1-2-3-4-5-6(7)8;;;;/h2-5H2,1H3,(H,7,8);;;;. The van der Waals surface area contributed by atoms with E-state index in [0.29, 0.717) is 6.42 Å². The van der Waals surface area contributed by atoms with Crippen molar-refractivity contribution in [2.24, 2.45) is 0 Å². The summed E-state index contributed by atoms with van der Waals surface area (Å²) in [4.78, 5) is 9.87. The molecule has 0 aliphatic rings.